The molecule has 10 heteroatoms. The number of hydrogen-bond donors (Lipinski definition) is 1. The minimum Gasteiger partial charge on any atom is -0.462 e. The van der Waals surface area contributed by atoms with Gasteiger partial charge in [0.15, 0.2) is 6.10 Å². The third kappa shape index (κ3) is 80.4. The number of nitrogens with zero attached hydrogens (tertiary/aromatic N) is 1. The Kier molecular flexibility index (Phi) is 74.6. The summed E-state index contributed by atoms with van der Waals surface area (Å²) in [7, 11) is 1.50. The lowest BCUT2D eigenvalue weighted by atomic mass is 10.0. The van der Waals surface area contributed by atoms with Crippen LogP contribution in [-0.2, 0) is 32.7 Å². The summed E-state index contributed by atoms with van der Waals surface area (Å²) in [5.41, 5.74) is 0. The second kappa shape index (κ2) is 76.6. The van der Waals surface area contributed by atoms with Crippen LogP contribution in [0.3, 0.4) is 0 Å². The highest BCUT2D eigenvalue weighted by Gasteiger charge is 2.27. The van der Waals surface area contributed by atoms with Gasteiger partial charge in [-0.2, -0.15) is 0 Å². The number of carbonyl (C=O) groups excluding carboxylic acids is 2. The smallest absolute Gasteiger partial charge is 0.462 e. The molecular weight excluding hydrogens is 1210 g/mol. The van der Waals surface area contributed by atoms with E-state index in [0.29, 0.717) is 23.9 Å². The number of likely N-dealkylation sites (N-methyl/N-ethyl adjacent to an activating group) is 1. The first kappa shape index (κ1) is 93.5. The van der Waals surface area contributed by atoms with Crippen LogP contribution < -0.4 is 0 Å². The maximum Gasteiger partial charge on any atom is 0.472 e. The second-order valence-electron chi connectivity index (χ2n) is 29.5. The van der Waals surface area contributed by atoms with E-state index in [9.17, 15) is 19.0 Å². The van der Waals surface area contributed by atoms with Crippen LogP contribution in [0.2, 0.25) is 0 Å². The van der Waals surface area contributed by atoms with Crippen molar-refractivity contribution in [1.29, 1.82) is 0 Å². The Hall–Kier alpha value is -2.55. The topological polar surface area (TPSA) is 108 Å². The summed E-state index contributed by atoms with van der Waals surface area (Å²) in [5, 5.41) is 0. The molecule has 96 heavy (non-hydrogen) atoms. The van der Waals surface area contributed by atoms with Gasteiger partial charge in [0.2, 0.25) is 0 Å². The minimum atomic E-state index is -4.39. The lowest BCUT2D eigenvalue weighted by molar-refractivity contribution is -0.870. The second-order valence-corrected chi connectivity index (χ2v) is 30.9. The normalized spacial score (nSPS) is 13.4. The maximum atomic E-state index is 12.9. The molecule has 1 N–H and O–H groups in total. The van der Waals surface area contributed by atoms with Crippen LogP contribution in [0.1, 0.15) is 412 Å². The molecule has 0 aliphatic rings. The molecule has 0 aromatic heterocycles. The highest BCUT2D eigenvalue weighted by Crippen LogP contribution is 2.43. The van der Waals surface area contributed by atoms with Crippen molar-refractivity contribution in [3.63, 3.8) is 0 Å². The zero-order chi connectivity index (χ0) is 69.7. The van der Waals surface area contributed by atoms with Crippen LogP contribution >= 0.6 is 7.82 Å². The first-order valence-corrected chi connectivity index (χ1v) is 43.2. The molecule has 0 fully saturated rings. The Morgan fingerprint density at radius 1 is 0.333 bits per heavy atom. The lowest BCUT2D eigenvalue weighted by Gasteiger charge is -2.24. The summed E-state index contributed by atoms with van der Waals surface area (Å²) < 4.78 is 34.9. The Labute approximate surface area is 597 Å². The molecule has 0 radical (unpaired) electrons. The van der Waals surface area contributed by atoms with E-state index in [0.717, 1.165) is 64.2 Å². The van der Waals surface area contributed by atoms with E-state index in [1.165, 1.54) is 315 Å². The average molecular weight is 1370 g/mol. The van der Waals surface area contributed by atoms with E-state index in [4.69, 9.17) is 18.5 Å². The quantitative estimate of drug-likeness (QED) is 0.0211. The van der Waals surface area contributed by atoms with Crippen molar-refractivity contribution in [3.8, 4) is 0 Å². The summed E-state index contributed by atoms with van der Waals surface area (Å²) in [4.78, 5) is 36.0. The van der Waals surface area contributed by atoms with E-state index in [1.54, 1.807) is 0 Å². The van der Waals surface area contributed by atoms with Crippen molar-refractivity contribution in [3.05, 3.63) is 72.9 Å². The van der Waals surface area contributed by atoms with E-state index >= 15 is 0 Å². The number of ether oxygens (including phenoxy) is 2. The van der Waals surface area contributed by atoms with Gasteiger partial charge in [-0.3, -0.25) is 18.6 Å². The van der Waals surface area contributed by atoms with Gasteiger partial charge in [0.25, 0.3) is 0 Å². The highest BCUT2D eigenvalue weighted by molar-refractivity contribution is 7.47. The molecule has 0 aromatic rings. The zero-order valence-corrected chi connectivity index (χ0v) is 65.3. The molecule has 0 bridgehead atoms. The Morgan fingerprint density at radius 3 is 0.885 bits per heavy atom. The molecule has 0 aliphatic carbocycles. The molecule has 0 saturated carbocycles. The van der Waals surface area contributed by atoms with Crippen molar-refractivity contribution >= 4 is 19.8 Å². The number of quaternary nitrogens is 1. The van der Waals surface area contributed by atoms with Crippen LogP contribution in [-0.4, -0.2) is 74.9 Å². The number of phosphoric acid groups is 1. The van der Waals surface area contributed by atoms with Crippen LogP contribution in [0.15, 0.2) is 72.9 Å². The third-order valence-corrected chi connectivity index (χ3v) is 19.7. The van der Waals surface area contributed by atoms with Gasteiger partial charge in [0, 0.05) is 12.8 Å². The molecule has 0 saturated heterocycles. The average Bonchev–Trinajstić information content (AvgIpc) is 2.54. The highest BCUT2D eigenvalue weighted by atomic mass is 31.2. The van der Waals surface area contributed by atoms with Crippen LogP contribution in [0, 0.1) is 0 Å². The molecule has 0 amide bonds. The predicted molar refractivity (Wildman–Crippen MR) is 418 cm³/mol. The molecule has 0 spiro atoms. The molecule has 0 rings (SSSR count). The fourth-order valence-corrected chi connectivity index (χ4v) is 13.1. The summed E-state index contributed by atoms with van der Waals surface area (Å²) in [6.07, 6.45) is 105. The molecule has 562 valence electrons. The zero-order valence-electron chi connectivity index (χ0n) is 64.4. The van der Waals surface area contributed by atoms with Gasteiger partial charge in [0.1, 0.15) is 19.8 Å². The van der Waals surface area contributed by atoms with Crippen LogP contribution in [0.25, 0.3) is 0 Å². The predicted octanol–water partition coefficient (Wildman–Crippen LogP) is 27.8. The number of allylic oxidation sites excluding steroid dienone is 12. The number of esters is 2. The Balaban J connectivity index is 3.88. The molecule has 0 aliphatic heterocycles. The van der Waals surface area contributed by atoms with Gasteiger partial charge < -0.3 is 18.9 Å². The summed E-state index contributed by atoms with van der Waals surface area (Å²) in [5.74, 6) is -0.773. The van der Waals surface area contributed by atoms with Crippen molar-refractivity contribution in [1.82, 2.24) is 0 Å². The first-order valence-electron chi connectivity index (χ1n) is 41.7. The van der Waals surface area contributed by atoms with Gasteiger partial charge in [-0.05, 0) is 83.5 Å². The van der Waals surface area contributed by atoms with E-state index in [1.807, 2.05) is 21.1 Å². The molecule has 9 nitrogen and oxygen atoms in total. The van der Waals surface area contributed by atoms with Crippen molar-refractivity contribution in [2.45, 2.75) is 418 Å². The van der Waals surface area contributed by atoms with Gasteiger partial charge in [-0.15, -0.1) is 0 Å². The van der Waals surface area contributed by atoms with Crippen molar-refractivity contribution in [2.75, 3.05) is 47.5 Å². The number of carbonyl (C=O) groups is 2. The molecule has 2 atom stereocenters. The van der Waals surface area contributed by atoms with E-state index in [2.05, 4.69) is 86.8 Å². The van der Waals surface area contributed by atoms with Crippen molar-refractivity contribution in [2.24, 2.45) is 0 Å². The van der Waals surface area contributed by atoms with Crippen LogP contribution in [0.4, 0.5) is 0 Å². The summed E-state index contributed by atoms with van der Waals surface area (Å²) in [6, 6.07) is 0. The third-order valence-electron chi connectivity index (χ3n) is 18.7. The summed E-state index contributed by atoms with van der Waals surface area (Å²) in [6.45, 7) is 4.38. The van der Waals surface area contributed by atoms with Crippen molar-refractivity contribution < 1.29 is 42.1 Å². The fraction of sp³-hybridized carbons (Fsp3) is 0.837. The standard InChI is InChI=1S/C86H160NO8P/c1-6-8-10-12-14-16-18-20-22-24-26-28-30-32-34-36-38-39-40-41-42-43-44-45-46-47-49-51-53-55-57-59-61-63-65-67-69-71-73-75-77-79-86(89)95-84(83-94-96(90,91)93-81-80-87(3,4)5)82-92-85(88)78-76-74-72-70-68-66-64-62-60-58-56-54-52-50-48-37-35-33-31-29-27-25-23-21-19-17-15-13-11-9-7-2/h8,10,14,16,19-22,25-28,84H,6-7,9,11-13,15,17-18,23-24,29-83H2,1-5H3/p+1/b10-8-,16-14-,21-19-,22-20-,27-25-,28-26-. The number of phosphoric ester groups is 1. The first-order chi connectivity index (χ1) is 47.0. The monoisotopic (exact) mass is 1370 g/mol. The van der Waals surface area contributed by atoms with Gasteiger partial charge >= 0.3 is 19.8 Å². The Bertz CT molecular complexity index is 1850. The minimum absolute atomic E-state index is 0.0340. The number of hydrogen-bond acceptors (Lipinski definition) is 7. The van der Waals surface area contributed by atoms with Gasteiger partial charge in [-0.1, -0.05) is 389 Å². The molecule has 2 unspecified atom stereocenters. The molecule has 0 aromatic carbocycles. The fourth-order valence-electron chi connectivity index (χ4n) is 12.4. The largest absolute Gasteiger partial charge is 0.472 e. The van der Waals surface area contributed by atoms with E-state index in [-0.39, 0.29) is 25.6 Å². The molecule has 0 heterocycles. The lowest BCUT2D eigenvalue weighted by Crippen LogP contribution is -2.37. The van der Waals surface area contributed by atoms with E-state index < -0.39 is 26.5 Å². The van der Waals surface area contributed by atoms with Gasteiger partial charge in [-0.25, -0.2) is 4.57 Å². The Morgan fingerprint density at radius 2 is 0.594 bits per heavy atom. The van der Waals surface area contributed by atoms with Gasteiger partial charge in [0.05, 0.1) is 27.7 Å². The number of rotatable bonds is 78. The number of unbranched alkanes of at least 4 members (excludes halogenated alkanes) is 52. The SMILES string of the molecule is CC/C=C\C/C=C\C/C=C\C/C=C\CCCCCCCCCCCCCCCCCCCCCCCCCCCCCCC(=O)OC(COC(=O)CCCCCCCCCCCCCCCCCCCCC/C=C\C/C=C\CCCCCCC)COP(=O)(O)OCC[N+](C)(C)C. The maximum absolute atomic E-state index is 12.9. The summed E-state index contributed by atoms with van der Waals surface area (Å²) >= 11 is 0. The van der Waals surface area contributed by atoms with Crippen LogP contribution in [0.5, 0.6) is 0 Å². The molecular formula is C86H161NO8P+.